The number of alkyl halides is 3. The molecule has 0 heterocycles. The van der Waals surface area contributed by atoms with Crippen LogP contribution in [-0.4, -0.2) is 13.1 Å². The Labute approximate surface area is 83.0 Å². The summed E-state index contributed by atoms with van der Waals surface area (Å²) in [4.78, 5) is 0. The van der Waals surface area contributed by atoms with E-state index < -0.39 is 23.3 Å². The van der Waals surface area contributed by atoms with E-state index in [9.17, 15) is 17.6 Å². The van der Waals surface area contributed by atoms with Crippen LogP contribution >= 0.6 is 0 Å². The number of ether oxygens (including phenoxy) is 1. The van der Waals surface area contributed by atoms with E-state index in [1.165, 1.54) is 7.11 Å². The summed E-state index contributed by atoms with van der Waals surface area (Å²) in [5.41, 5.74) is -1.50. The molecule has 0 amide bonds. The van der Waals surface area contributed by atoms with Crippen LogP contribution in [0.15, 0.2) is 18.2 Å². The van der Waals surface area contributed by atoms with Gasteiger partial charge >= 0.3 is 6.18 Å². The lowest BCUT2D eigenvalue weighted by Gasteiger charge is -2.09. The highest BCUT2D eigenvalue weighted by Crippen LogP contribution is 2.32. The Morgan fingerprint density at radius 1 is 1.27 bits per heavy atom. The highest BCUT2D eigenvalue weighted by atomic mass is 19.4. The quantitative estimate of drug-likeness (QED) is 0.604. The predicted molar refractivity (Wildman–Crippen MR) is 45.9 cm³/mol. The van der Waals surface area contributed by atoms with Gasteiger partial charge in [-0.25, -0.2) is 0 Å². The fourth-order valence-corrected chi connectivity index (χ4v) is 1.01. The van der Waals surface area contributed by atoms with Gasteiger partial charge in [0.25, 0.3) is 0 Å². The first-order valence-corrected chi connectivity index (χ1v) is 3.85. The predicted octanol–water partition coefficient (Wildman–Crippen LogP) is 3.01. The Balaban J connectivity index is 3.30. The zero-order valence-corrected chi connectivity index (χ0v) is 7.65. The third-order valence-electron chi connectivity index (χ3n) is 1.72. The number of halogens is 4. The molecule has 6 heteroatoms. The first-order valence-electron chi connectivity index (χ1n) is 3.85. The van der Waals surface area contributed by atoms with Crippen LogP contribution in [-0.2, 0) is 6.18 Å². The lowest BCUT2D eigenvalue weighted by atomic mass is 10.1. The number of rotatable bonds is 2. The molecule has 0 saturated carbocycles. The van der Waals surface area contributed by atoms with Gasteiger partial charge < -0.3 is 4.74 Å². The van der Waals surface area contributed by atoms with Gasteiger partial charge in [-0.1, -0.05) is 0 Å². The van der Waals surface area contributed by atoms with Gasteiger partial charge in [0.05, 0.1) is 12.7 Å². The molecule has 0 radical (unpaired) electrons. The van der Waals surface area contributed by atoms with Gasteiger partial charge in [0.1, 0.15) is 5.75 Å². The third kappa shape index (κ3) is 2.68. The van der Waals surface area contributed by atoms with Crippen LogP contribution in [0.3, 0.4) is 0 Å². The average molecular weight is 221 g/mol. The van der Waals surface area contributed by atoms with Gasteiger partial charge in [0.2, 0.25) is 5.97 Å². The molecule has 0 atom stereocenters. The molecule has 0 unspecified atom stereocenters. The van der Waals surface area contributed by atoms with E-state index in [1.54, 1.807) is 0 Å². The number of hydrogen-bond donors (Lipinski definition) is 1. The number of nitrogens with one attached hydrogen (secondary N) is 1. The first kappa shape index (κ1) is 11.5. The zero-order chi connectivity index (χ0) is 11.6. The minimum Gasteiger partial charge on any atom is -0.497 e. The van der Waals surface area contributed by atoms with Crippen LogP contribution in [0.25, 0.3) is 0 Å². The summed E-state index contributed by atoms with van der Waals surface area (Å²) in [5, 5.41) is 6.62. The molecule has 15 heavy (non-hydrogen) atoms. The maximum absolute atomic E-state index is 12.5. The largest absolute Gasteiger partial charge is 0.497 e. The number of benzene rings is 1. The first-order chi connectivity index (χ1) is 6.84. The molecule has 0 aromatic heterocycles. The molecule has 82 valence electrons. The fraction of sp³-hybridized carbons (Fsp3) is 0.222. The third-order valence-corrected chi connectivity index (χ3v) is 1.72. The molecule has 1 aromatic carbocycles. The summed E-state index contributed by atoms with van der Waals surface area (Å²) in [6.07, 6.45) is -4.58. The fourth-order valence-electron chi connectivity index (χ4n) is 1.01. The maximum atomic E-state index is 12.5. The van der Waals surface area contributed by atoms with Crippen molar-refractivity contribution in [2.24, 2.45) is 0 Å². The van der Waals surface area contributed by atoms with Crippen molar-refractivity contribution in [3.8, 4) is 5.75 Å². The lowest BCUT2D eigenvalue weighted by molar-refractivity contribution is -0.137. The highest BCUT2D eigenvalue weighted by Gasteiger charge is 2.31. The molecule has 0 aliphatic heterocycles. The molecule has 0 bridgehead atoms. The Morgan fingerprint density at radius 2 is 1.87 bits per heavy atom. The maximum Gasteiger partial charge on any atom is 0.416 e. The Kier molecular flexibility index (Phi) is 2.97. The molecule has 0 saturated heterocycles. The summed E-state index contributed by atoms with van der Waals surface area (Å²) in [5.74, 6) is -1.57. The van der Waals surface area contributed by atoms with Gasteiger partial charge in [0, 0.05) is 5.56 Å². The van der Waals surface area contributed by atoms with Crippen molar-refractivity contribution in [3.05, 3.63) is 29.3 Å². The monoisotopic (exact) mass is 221 g/mol. The summed E-state index contributed by atoms with van der Waals surface area (Å²) in [6, 6.07) is 2.33. The Bertz CT molecular complexity index is 386. The van der Waals surface area contributed by atoms with Crippen LogP contribution < -0.4 is 4.74 Å². The van der Waals surface area contributed by atoms with E-state index in [0.29, 0.717) is 6.07 Å². The van der Waals surface area contributed by atoms with E-state index in [-0.39, 0.29) is 5.75 Å². The van der Waals surface area contributed by atoms with Crippen molar-refractivity contribution in [1.29, 1.82) is 5.41 Å². The Hall–Kier alpha value is -1.59. The standard InChI is InChI=1S/C9H7F4NO/c1-15-7-3-5(8(10)14)2-6(4-7)9(11,12)13/h2-4,14H,1H3. The van der Waals surface area contributed by atoms with Crippen LogP contribution in [0, 0.1) is 5.41 Å². The van der Waals surface area contributed by atoms with Crippen molar-refractivity contribution < 1.29 is 22.3 Å². The summed E-state index contributed by atoms with van der Waals surface area (Å²) in [7, 11) is 1.17. The number of methoxy groups -OCH3 is 1. The number of hydrogen-bond acceptors (Lipinski definition) is 2. The molecule has 0 spiro atoms. The summed E-state index contributed by atoms with van der Waals surface area (Å²) in [6.45, 7) is 0. The zero-order valence-electron chi connectivity index (χ0n) is 7.65. The van der Waals surface area contributed by atoms with E-state index in [1.807, 2.05) is 0 Å². The Morgan fingerprint density at radius 3 is 2.27 bits per heavy atom. The van der Waals surface area contributed by atoms with E-state index >= 15 is 0 Å². The molecule has 1 N–H and O–H groups in total. The highest BCUT2D eigenvalue weighted by molar-refractivity contribution is 5.91. The normalized spacial score (nSPS) is 11.3. The van der Waals surface area contributed by atoms with Crippen molar-refractivity contribution in [2.75, 3.05) is 7.11 Å². The van der Waals surface area contributed by atoms with Gasteiger partial charge in [-0.3, -0.25) is 5.41 Å². The second-order valence-corrected chi connectivity index (χ2v) is 2.76. The van der Waals surface area contributed by atoms with Gasteiger partial charge in [-0.2, -0.15) is 17.6 Å². The smallest absolute Gasteiger partial charge is 0.416 e. The van der Waals surface area contributed by atoms with Crippen LogP contribution in [0.1, 0.15) is 11.1 Å². The minimum atomic E-state index is -4.58. The minimum absolute atomic E-state index is 0.137. The molecule has 0 aliphatic carbocycles. The van der Waals surface area contributed by atoms with Gasteiger partial charge in [0.15, 0.2) is 0 Å². The average Bonchev–Trinajstić information content (AvgIpc) is 2.15. The van der Waals surface area contributed by atoms with Crippen LogP contribution in [0.5, 0.6) is 5.75 Å². The van der Waals surface area contributed by atoms with Gasteiger partial charge in [-0.05, 0) is 18.2 Å². The summed E-state index contributed by atoms with van der Waals surface area (Å²) < 4.78 is 54.0. The van der Waals surface area contributed by atoms with E-state index in [2.05, 4.69) is 4.74 Å². The molecule has 0 aliphatic rings. The molecular formula is C9H7F4NO. The molecular weight excluding hydrogens is 214 g/mol. The van der Waals surface area contributed by atoms with Crippen molar-refractivity contribution in [1.82, 2.24) is 0 Å². The summed E-state index contributed by atoms with van der Waals surface area (Å²) >= 11 is 0. The lowest BCUT2D eigenvalue weighted by Crippen LogP contribution is -2.07. The van der Waals surface area contributed by atoms with E-state index in [4.69, 9.17) is 5.41 Å². The van der Waals surface area contributed by atoms with Crippen LogP contribution in [0.2, 0.25) is 0 Å². The van der Waals surface area contributed by atoms with Crippen molar-refractivity contribution in [3.63, 3.8) is 0 Å². The van der Waals surface area contributed by atoms with Gasteiger partial charge in [-0.15, -0.1) is 0 Å². The molecule has 1 aromatic rings. The molecule has 2 nitrogen and oxygen atoms in total. The van der Waals surface area contributed by atoms with Crippen LogP contribution in [0.4, 0.5) is 17.6 Å². The van der Waals surface area contributed by atoms with Crippen molar-refractivity contribution >= 4 is 5.97 Å². The SMILES string of the molecule is COc1cc(C(=N)F)cc(C(F)(F)F)c1. The molecule has 0 fully saturated rings. The second-order valence-electron chi connectivity index (χ2n) is 2.76. The molecule has 1 rings (SSSR count). The van der Waals surface area contributed by atoms with Crippen molar-refractivity contribution in [2.45, 2.75) is 6.18 Å². The topological polar surface area (TPSA) is 33.1 Å². The van der Waals surface area contributed by atoms with E-state index in [0.717, 1.165) is 12.1 Å². The second kappa shape index (κ2) is 3.88.